The summed E-state index contributed by atoms with van der Waals surface area (Å²) in [6.07, 6.45) is 0. The first-order chi connectivity index (χ1) is 10.1. The van der Waals surface area contributed by atoms with E-state index in [1.54, 1.807) is 0 Å². The molecule has 21 heavy (non-hydrogen) atoms. The molecular formula is C16H20FNO3. The summed E-state index contributed by atoms with van der Waals surface area (Å²) in [6, 6.07) is 4.10. The van der Waals surface area contributed by atoms with Crippen LogP contribution in [0.15, 0.2) is 18.2 Å². The first-order valence-corrected chi connectivity index (χ1v) is 6.90. The normalized spacial score (nSPS) is 9.90. The quantitative estimate of drug-likeness (QED) is 0.641. The number of amides is 1. The molecule has 0 bridgehead atoms. The molecule has 1 aromatic rings. The van der Waals surface area contributed by atoms with E-state index < -0.39 is 5.82 Å². The average Bonchev–Trinajstić information content (AvgIpc) is 2.50. The molecule has 0 saturated carbocycles. The van der Waals surface area contributed by atoms with Gasteiger partial charge >= 0.3 is 0 Å². The number of benzene rings is 1. The minimum absolute atomic E-state index is 0.0157. The molecule has 0 atom stereocenters. The molecule has 1 aromatic carbocycles. The molecule has 1 N–H and O–H groups in total. The molecule has 0 spiro atoms. The topological polar surface area (TPSA) is 49.8 Å². The fourth-order valence-electron chi connectivity index (χ4n) is 1.80. The molecule has 0 aliphatic carbocycles. The lowest BCUT2D eigenvalue weighted by Crippen LogP contribution is -2.34. The largest absolute Gasteiger partial charge is 0.384 e. The molecule has 114 valence electrons. The van der Waals surface area contributed by atoms with Gasteiger partial charge in [0.1, 0.15) is 12.4 Å². The molecule has 0 aromatic heterocycles. The van der Waals surface area contributed by atoms with Crippen LogP contribution < -0.4 is 0 Å². The minimum atomic E-state index is -0.579. The van der Waals surface area contributed by atoms with Crippen molar-refractivity contribution in [1.82, 2.24) is 4.90 Å². The van der Waals surface area contributed by atoms with Crippen LogP contribution >= 0.6 is 0 Å². The second kappa shape index (κ2) is 9.11. The first kappa shape index (κ1) is 17.2. The van der Waals surface area contributed by atoms with Crippen LogP contribution in [0.25, 0.3) is 0 Å². The van der Waals surface area contributed by atoms with E-state index >= 15 is 0 Å². The Kier molecular flexibility index (Phi) is 7.44. The summed E-state index contributed by atoms with van der Waals surface area (Å²) in [6.45, 7) is 5.30. The summed E-state index contributed by atoms with van der Waals surface area (Å²) in [7, 11) is 0. The van der Waals surface area contributed by atoms with Gasteiger partial charge in [-0.25, -0.2) is 4.39 Å². The van der Waals surface area contributed by atoms with Crippen molar-refractivity contribution in [3.05, 3.63) is 35.1 Å². The highest BCUT2D eigenvalue weighted by atomic mass is 19.1. The second-order valence-corrected chi connectivity index (χ2v) is 4.24. The maximum atomic E-state index is 13.9. The van der Waals surface area contributed by atoms with Crippen molar-refractivity contribution < 1.29 is 19.0 Å². The van der Waals surface area contributed by atoms with Gasteiger partial charge in [-0.15, -0.1) is 0 Å². The minimum Gasteiger partial charge on any atom is -0.384 e. The molecule has 0 saturated heterocycles. The SMILES string of the molecule is CCOCCN(CC)C(=O)c1cc(C#CCO)ccc1F. The van der Waals surface area contributed by atoms with Crippen LogP contribution in [0.3, 0.4) is 0 Å². The maximum absolute atomic E-state index is 13.9. The van der Waals surface area contributed by atoms with E-state index in [9.17, 15) is 9.18 Å². The first-order valence-electron chi connectivity index (χ1n) is 6.90. The molecule has 4 nitrogen and oxygen atoms in total. The number of likely N-dealkylation sites (N-methyl/N-ethyl adjacent to an activating group) is 1. The number of aliphatic hydroxyl groups excluding tert-OH is 1. The summed E-state index contributed by atoms with van der Waals surface area (Å²) in [5.41, 5.74) is 0.479. The lowest BCUT2D eigenvalue weighted by Gasteiger charge is -2.21. The van der Waals surface area contributed by atoms with Crippen molar-refractivity contribution >= 4 is 5.91 Å². The van der Waals surface area contributed by atoms with Gasteiger partial charge in [-0.05, 0) is 32.0 Å². The Labute approximate surface area is 124 Å². The van der Waals surface area contributed by atoms with E-state index in [0.29, 0.717) is 31.9 Å². The fraction of sp³-hybridized carbons (Fsp3) is 0.438. The number of carbonyl (C=O) groups excluding carboxylic acids is 1. The van der Waals surface area contributed by atoms with Crippen LogP contribution in [0.2, 0.25) is 0 Å². The molecule has 0 radical (unpaired) electrons. The van der Waals surface area contributed by atoms with E-state index in [4.69, 9.17) is 9.84 Å². The van der Waals surface area contributed by atoms with Crippen LogP contribution in [0, 0.1) is 17.7 Å². The number of ether oxygens (including phenoxy) is 1. The molecule has 1 amide bonds. The Bertz CT molecular complexity index is 534. The summed E-state index contributed by atoms with van der Waals surface area (Å²) in [5.74, 6) is 4.17. The average molecular weight is 293 g/mol. The third-order valence-electron chi connectivity index (χ3n) is 2.89. The Morgan fingerprint density at radius 3 is 2.81 bits per heavy atom. The van der Waals surface area contributed by atoms with Crippen molar-refractivity contribution in [2.75, 3.05) is 32.9 Å². The van der Waals surface area contributed by atoms with Gasteiger partial charge in [0.05, 0.1) is 12.2 Å². The predicted molar refractivity (Wildman–Crippen MR) is 78.4 cm³/mol. The van der Waals surface area contributed by atoms with E-state index in [2.05, 4.69) is 11.8 Å². The van der Waals surface area contributed by atoms with E-state index in [1.165, 1.54) is 23.1 Å². The van der Waals surface area contributed by atoms with Gasteiger partial charge in [-0.3, -0.25) is 4.79 Å². The van der Waals surface area contributed by atoms with Gasteiger partial charge in [0.25, 0.3) is 5.91 Å². The van der Waals surface area contributed by atoms with Crippen molar-refractivity contribution in [2.45, 2.75) is 13.8 Å². The molecule has 0 aliphatic rings. The number of nitrogens with zero attached hydrogens (tertiary/aromatic N) is 1. The summed E-state index contributed by atoms with van der Waals surface area (Å²) in [5, 5.41) is 8.67. The number of rotatable bonds is 6. The standard InChI is InChI=1S/C16H20FNO3/c1-3-18(9-11-21-4-2)16(20)14-12-13(6-5-10-19)7-8-15(14)17/h7-8,12,19H,3-4,9-11H2,1-2H3. The molecule has 1 rings (SSSR count). The fourth-order valence-corrected chi connectivity index (χ4v) is 1.80. The third kappa shape index (κ3) is 5.18. The zero-order valence-electron chi connectivity index (χ0n) is 12.4. The van der Waals surface area contributed by atoms with Crippen LogP contribution in [0.4, 0.5) is 4.39 Å². The third-order valence-corrected chi connectivity index (χ3v) is 2.89. The van der Waals surface area contributed by atoms with Crippen LogP contribution in [-0.4, -0.2) is 48.8 Å². The number of aliphatic hydroxyl groups is 1. The summed E-state index contributed by atoms with van der Waals surface area (Å²) in [4.78, 5) is 13.9. The zero-order valence-corrected chi connectivity index (χ0v) is 12.4. The second-order valence-electron chi connectivity index (χ2n) is 4.24. The van der Waals surface area contributed by atoms with Crippen molar-refractivity contribution in [1.29, 1.82) is 0 Å². The van der Waals surface area contributed by atoms with Crippen molar-refractivity contribution in [3.8, 4) is 11.8 Å². The highest BCUT2D eigenvalue weighted by Gasteiger charge is 2.18. The summed E-state index contributed by atoms with van der Waals surface area (Å²) < 4.78 is 19.1. The van der Waals surface area contributed by atoms with Gasteiger partial charge in [-0.1, -0.05) is 11.8 Å². The highest BCUT2D eigenvalue weighted by Crippen LogP contribution is 2.13. The van der Waals surface area contributed by atoms with E-state index in [0.717, 1.165) is 0 Å². The highest BCUT2D eigenvalue weighted by molar-refractivity contribution is 5.94. The lowest BCUT2D eigenvalue weighted by atomic mass is 10.1. The van der Waals surface area contributed by atoms with Crippen LogP contribution in [0.1, 0.15) is 29.8 Å². The Balaban J connectivity index is 2.93. The van der Waals surface area contributed by atoms with E-state index in [1.807, 2.05) is 13.8 Å². The number of halogens is 1. The Hall–Kier alpha value is -1.90. The number of hydrogen-bond donors (Lipinski definition) is 1. The van der Waals surface area contributed by atoms with Crippen LogP contribution in [0.5, 0.6) is 0 Å². The Morgan fingerprint density at radius 2 is 2.19 bits per heavy atom. The monoisotopic (exact) mass is 293 g/mol. The van der Waals surface area contributed by atoms with E-state index in [-0.39, 0.29) is 18.1 Å². The Morgan fingerprint density at radius 1 is 1.43 bits per heavy atom. The molecule has 5 heteroatoms. The molecule has 0 unspecified atom stereocenters. The van der Waals surface area contributed by atoms with Crippen molar-refractivity contribution in [2.24, 2.45) is 0 Å². The van der Waals surface area contributed by atoms with Crippen molar-refractivity contribution in [3.63, 3.8) is 0 Å². The lowest BCUT2D eigenvalue weighted by molar-refractivity contribution is 0.0665. The van der Waals surface area contributed by atoms with Gasteiger partial charge in [0, 0.05) is 25.3 Å². The number of hydrogen-bond acceptors (Lipinski definition) is 3. The number of carbonyl (C=O) groups is 1. The van der Waals surface area contributed by atoms with Gasteiger partial charge in [-0.2, -0.15) is 0 Å². The summed E-state index contributed by atoms with van der Waals surface area (Å²) >= 11 is 0. The molecule has 0 aliphatic heterocycles. The smallest absolute Gasteiger partial charge is 0.256 e. The molecular weight excluding hydrogens is 273 g/mol. The molecule has 0 fully saturated rings. The van der Waals surface area contributed by atoms with Gasteiger partial charge in [0.15, 0.2) is 0 Å². The molecule has 0 heterocycles. The predicted octanol–water partition coefficient (Wildman–Crippen LogP) is 1.67. The zero-order chi connectivity index (χ0) is 15.7. The van der Waals surface area contributed by atoms with Gasteiger partial charge in [0.2, 0.25) is 0 Å². The van der Waals surface area contributed by atoms with Gasteiger partial charge < -0.3 is 14.7 Å². The maximum Gasteiger partial charge on any atom is 0.256 e. The van der Waals surface area contributed by atoms with Crippen LogP contribution in [-0.2, 0) is 4.74 Å².